The number of aliphatic hydroxyl groups excluding tert-OH is 1. The normalized spacial score (nSPS) is 10.7. The van der Waals surface area contributed by atoms with Gasteiger partial charge in [-0.1, -0.05) is 6.07 Å². The van der Waals surface area contributed by atoms with Gasteiger partial charge in [0.25, 0.3) is 0 Å². The predicted molar refractivity (Wildman–Crippen MR) is 73.0 cm³/mol. The monoisotopic (exact) mass is 254 g/mol. The lowest BCUT2D eigenvalue weighted by Gasteiger charge is -2.15. The molecule has 0 aliphatic carbocycles. The van der Waals surface area contributed by atoms with E-state index in [1.54, 1.807) is 0 Å². The molecule has 0 bridgehead atoms. The molecule has 0 spiro atoms. The van der Waals surface area contributed by atoms with Crippen molar-refractivity contribution in [1.29, 1.82) is 0 Å². The third-order valence-electron chi connectivity index (χ3n) is 2.23. The average Bonchev–Trinajstić information content (AvgIpc) is 2.33. The number of para-hydroxylation sites is 1. The summed E-state index contributed by atoms with van der Waals surface area (Å²) in [4.78, 5) is 0. The molecule has 0 saturated heterocycles. The first-order valence-electron chi connectivity index (χ1n) is 6.12. The molecule has 0 amide bonds. The van der Waals surface area contributed by atoms with Gasteiger partial charge >= 0.3 is 0 Å². The van der Waals surface area contributed by atoms with Crippen LogP contribution >= 0.6 is 0 Å². The SMILES string of the molecule is CC(C)Oc1cccc(NCCOCCO)c1N. The number of hydrogen-bond donors (Lipinski definition) is 3. The largest absolute Gasteiger partial charge is 0.489 e. The lowest BCUT2D eigenvalue weighted by Crippen LogP contribution is -2.13. The summed E-state index contributed by atoms with van der Waals surface area (Å²) in [5, 5.41) is 11.7. The Labute approximate surface area is 108 Å². The van der Waals surface area contributed by atoms with E-state index in [-0.39, 0.29) is 12.7 Å². The van der Waals surface area contributed by atoms with Gasteiger partial charge in [0.2, 0.25) is 0 Å². The van der Waals surface area contributed by atoms with Crippen molar-refractivity contribution >= 4 is 11.4 Å². The van der Waals surface area contributed by atoms with Gasteiger partial charge in [-0.3, -0.25) is 0 Å². The second-order valence-corrected chi connectivity index (χ2v) is 4.15. The maximum Gasteiger partial charge on any atom is 0.144 e. The number of nitrogen functional groups attached to an aromatic ring is 1. The zero-order chi connectivity index (χ0) is 13.4. The molecule has 18 heavy (non-hydrogen) atoms. The van der Waals surface area contributed by atoms with Crippen LogP contribution in [-0.2, 0) is 4.74 Å². The van der Waals surface area contributed by atoms with Crippen LogP contribution in [0, 0.1) is 0 Å². The smallest absolute Gasteiger partial charge is 0.144 e. The van der Waals surface area contributed by atoms with E-state index in [1.165, 1.54) is 0 Å². The zero-order valence-electron chi connectivity index (χ0n) is 11.0. The van der Waals surface area contributed by atoms with E-state index >= 15 is 0 Å². The fourth-order valence-corrected chi connectivity index (χ4v) is 1.48. The minimum atomic E-state index is 0.0415. The quantitative estimate of drug-likeness (QED) is 0.484. The fraction of sp³-hybridized carbons (Fsp3) is 0.538. The minimum absolute atomic E-state index is 0.0415. The van der Waals surface area contributed by atoms with E-state index in [0.717, 1.165) is 5.69 Å². The van der Waals surface area contributed by atoms with Gasteiger partial charge in [0.1, 0.15) is 5.75 Å². The molecule has 0 atom stereocenters. The van der Waals surface area contributed by atoms with Crippen LogP contribution in [0.3, 0.4) is 0 Å². The minimum Gasteiger partial charge on any atom is -0.489 e. The highest BCUT2D eigenvalue weighted by atomic mass is 16.5. The number of hydrogen-bond acceptors (Lipinski definition) is 5. The lowest BCUT2D eigenvalue weighted by atomic mass is 10.2. The number of nitrogens with two attached hydrogens (primary N) is 1. The Morgan fingerprint density at radius 1 is 1.33 bits per heavy atom. The van der Waals surface area contributed by atoms with Crippen LogP contribution in [0.2, 0.25) is 0 Å². The summed E-state index contributed by atoms with van der Waals surface area (Å²) in [6, 6.07) is 5.64. The van der Waals surface area contributed by atoms with Crippen molar-refractivity contribution in [3.05, 3.63) is 18.2 Å². The maximum absolute atomic E-state index is 8.57. The van der Waals surface area contributed by atoms with Crippen molar-refractivity contribution in [3.63, 3.8) is 0 Å². The van der Waals surface area contributed by atoms with Crippen LogP contribution in [-0.4, -0.2) is 37.6 Å². The molecule has 0 radical (unpaired) electrons. The summed E-state index contributed by atoms with van der Waals surface area (Å²) in [5.74, 6) is 0.686. The molecular formula is C13H22N2O3. The number of anilines is 2. The third-order valence-corrected chi connectivity index (χ3v) is 2.23. The zero-order valence-corrected chi connectivity index (χ0v) is 11.0. The van der Waals surface area contributed by atoms with Crippen molar-refractivity contribution in [1.82, 2.24) is 0 Å². The maximum atomic E-state index is 8.57. The third kappa shape index (κ3) is 4.81. The van der Waals surface area contributed by atoms with Crippen molar-refractivity contribution in [2.45, 2.75) is 20.0 Å². The van der Waals surface area contributed by atoms with Gasteiger partial charge in [0.15, 0.2) is 0 Å². The number of rotatable bonds is 8. The molecule has 0 heterocycles. The van der Waals surface area contributed by atoms with E-state index in [1.807, 2.05) is 32.0 Å². The first-order chi connectivity index (χ1) is 8.65. The molecule has 4 N–H and O–H groups in total. The van der Waals surface area contributed by atoms with Gasteiger partial charge in [-0.25, -0.2) is 0 Å². The highest BCUT2D eigenvalue weighted by molar-refractivity contribution is 5.72. The van der Waals surface area contributed by atoms with Gasteiger partial charge in [0, 0.05) is 6.54 Å². The molecule has 0 aliphatic heterocycles. The van der Waals surface area contributed by atoms with Crippen LogP contribution in [0.15, 0.2) is 18.2 Å². The van der Waals surface area contributed by atoms with Gasteiger partial charge < -0.3 is 25.6 Å². The van der Waals surface area contributed by atoms with E-state index in [2.05, 4.69) is 5.32 Å². The van der Waals surface area contributed by atoms with Crippen LogP contribution in [0.4, 0.5) is 11.4 Å². The fourth-order valence-electron chi connectivity index (χ4n) is 1.48. The Morgan fingerprint density at radius 3 is 2.78 bits per heavy atom. The summed E-state index contributed by atoms with van der Waals surface area (Å²) in [7, 11) is 0. The molecule has 0 aromatic heterocycles. The summed E-state index contributed by atoms with van der Waals surface area (Å²) in [6.07, 6.45) is 0.0930. The highest BCUT2D eigenvalue weighted by Gasteiger charge is 2.06. The molecule has 0 fully saturated rings. The van der Waals surface area contributed by atoms with Crippen LogP contribution in [0.25, 0.3) is 0 Å². The first kappa shape index (κ1) is 14.6. The van der Waals surface area contributed by atoms with E-state index < -0.39 is 0 Å². The molecule has 1 rings (SSSR count). The Balaban J connectivity index is 2.50. The lowest BCUT2D eigenvalue weighted by molar-refractivity contribution is 0.0992. The average molecular weight is 254 g/mol. The Hall–Kier alpha value is -1.46. The summed E-state index contributed by atoms with van der Waals surface area (Å²) in [5.41, 5.74) is 7.44. The van der Waals surface area contributed by atoms with Crippen molar-refractivity contribution < 1.29 is 14.6 Å². The van der Waals surface area contributed by atoms with Crippen LogP contribution in [0.1, 0.15) is 13.8 Å². The summed E-state index contributed by atoms with van der Waals surface area (Å²) in [6.45, 7) is 5.47. The topological polar surface area (TPSA) is 76.7 Å². The first-order valence-corrected chi connectivity index (χ1v) is 6.12. The van der Waals surface area contributed by atoms with Crippen molar-refractivity contribution in [2.24, 2.45) is 0 Å². The van der Waals surface area contributed by atoms with E-state index in [0.29, 0.717) is 31.2 Å². The molecule has 0 saturated carbocycles. The summed E-state index contributed by atoms with van der Waals surface area (Å²) >= 11 is 0. The van der Waals surface area contributed by atoms with Crippen LogP contribution in [0.5, 0.6) is 5.75 Å². The molecular weight excluding hydrogens is 232 g/mol. The second kappa shape index (κ2) is 7.79. The number of benzene rings is 1. The van der Waals surface area contributed by atoms with E-state index in [9.17, 15) is 0 Å². The summed E-state index contributed by atoms with van der Waals surface area (Å²) < 4.78 is 10.8. The molecule has 1 aromatic carbocycles. The molecule has 0 unspecified atom stereocenters. The number of ether oxygens (including phenoxy) is 2. The second-order valence-electron chi connectivity index (χ2n) is 4.15. The molecule has 5 heteroatoms. The Morgan fingerprint density at radius 2 is 2.11 bits per heavy atom. The molecule has 0 aliphatic rings. The van der Waals surface area contributed by atoms with E-state index in [4.69, 9.17) is 20.3 Å². The van der Waals surface area contributed by atoms with Gasteiger partial charge in [-0.2, -0.15) is 0 Å². The number of nitrogens with one attached hydrogen (secondary N) is 1. The highest BCUT2D eigenvalue weighted by Crippen LogP contribution is 2.29. The predicted octanol–water partition coefficient (Wildman–Crippen LogP) is 1.48. The van der Waals surface area contributed by atoms with Gasteiger partial charge in [0.05, 0.1) is 37.3 Å². The van der Waals surface area contributed by atoms with Crippen molar-refractivity contribution in [3.8, 4) is 5.75 Å². The number of aliphatic hydroxyl groups is 1. The standard InChI is InChI=1S/C13H22N2O3/c1-10(2)18-12-5-3-4-11(13(12)14)15-6-8-17-9-7-16/h3-5,10,15-16H,6-9,14H2,1-2H3. The Kier molecular flexibility index (Phi) is 6.32. The van der Waals surface area contributed by atoms with Gasteiger partial charge in [-0.15, -0.1) is 0 Å². The van der Waals surface area contributed by atoms with Crippen molar-refractivity contribution in [2.75, 3.05) is 37.4 Å². The molecule has 1 aromatic rings. The molecule has 102 valence electrons. The van der Waals surface area contributed by atoms with Gasteiger partial charge in [-0.05, 0) is 26.0 Å². The Bertz CT molecular complexity index is 356. The van der Waals surface area contributed by atoms with Crippen LogP contribution < -0.4 is 15.8 Å². The molecule has 5 nitrogen and oxygen atoms in total.